The molecule has 0 radical (unpaired) electrons. The first-order valence-corrected chi connectivity index (χ1v) is 5.19. The average Bonchev–Trinajstić information content (AvgIpc) is 2.98. The van der Waals surface area contributed by atoms with Crippen LogP contribution in [0.3, 0.4) is 0 Å². The summed E-state index contributed by atoms with van der Waals surface area (Å²) in [6, 6.07) is 5.48. The molecule has 0 saturated carbocycles. The zero-order valence-electron chi connectivity index (χ0n) is 9.24. The van der Waals surface area contributed by atoms with Gasteiger partial charge in [0.1, 0.15) is 6.33 Å². The molecule has 0 amide bonds. The summed E-state index contributed by atoms with van der Waals surface area (Å²) in [4.78, 5) is 20.1. The standard InChI is InChI=1S/C12H10N4O/c1-15-8-14-10-6-9(2-3-11(10)15)12(17)16-5-4-13-7-16/h2-8H,1H3. The van der Waals surface area contributed by atoms with E-state index >= 15 is 0 Å². The molecule has 2 heterocycles. The Hall–Kier alpha value is -2.43. The van der Waals surface area contributed by atoms with Gasteiger partial charge in [-0.25, -0.2) is 9.97 Å². The van der Waals surface area contributed by atoms with Crippen molar-refractivity contribution in [1.29, 1.82) is 0 Å². The van der Waals surface area contributed by atoms with Crippen molar-refractivity contribution in [3.63, 3.8) is 0 Å². The van der Waals surface area contributed by atoms with Gasteiger partial charge in [-0.2, -0.15) is 0 Å². The number of carbonyl (C=O) groups excluding carboxylic acids is 1. The molecule has 17 heavy (non-hydrogen) atoms. The monoisotopic (exact) mass is 226 g/mol. The van der Waals surface area contributed by atoms with E-state index in [2.05, 4.69) is 9.97 Å². The Kier molecular flexibility index (Phi) is 2.04. The summed E-state index contributed by atoms with van der Waals surface area (Å²) in [7, 11) is 1.92. The fourth-order valence-electron chi connectivity index (χ4n) is 1.80. The Bertz CT molecular complexity index is 682. The van der Waals surface area contributed by atoms with Gasteiger partial charge in [-0.3, -0.25) is 9.36 Å². The molecule has 0 unspecified atom stereocenters. The summed E-state index contributed by atoms with van der Waals surface area (Å²) in [5, 5.41) is 0. The number of benzene rings is 1. The minimum atomic E-state index is -0.102. The third-order valence-electron chi connectivity index (χ3n) is 2.71. The number of aromatic nitrogens is 4. The normalized spacial score (nSPS) is 10.9. The van der Waals surface area contributed by atoms with Crippen LogP contribution in [0.4, 0.5) is 0 Å². The van der Waals surface area contributed by atoms with Crippen LogP contribution < -0.4 is 0 Å². The van der Waals surface area contributed by atoms with Gasteiger partial charge in [0.2, 0.25) is 0 Å². The molecule has 3 aromatic rings. The first kappa shape index (κ1) is 9.77. The third kappa shape index (κ3) is 1.52. The quantitative estimate of drug-likeness (QED) is 0.631. The molecule has 0 spiro atoms. The van der Waals surface area contributed by atoms with E-state index in [4.69, 9.17) is 0 Å². The second kappa shape index (κ2) is 3.55. The molecule has 5 heteroatoms. The van der Waals surface area contributed by atoms with Gasteiger partial charge in [0.05, 0.1) is 17.4 Å². The highest BCUT2D eigenvalue weighted by molar-refractivity contribution is 5.98. The van der Waals surface area contributed by atoms with Crippen molar-refractivity contribution >= 4 is 16.9 Å². The summed E-state index contributed by atoms with van der Waals surface area (Å²) < 4.78 is 3.37. The van der Waals surface area contributed by atoms with Crippen LogP contribution in [0, 0.1) is 0 Å². The van der Waals surface area contributed by atoms with E-state index in [-0.39, 0.29) is 5.91 Å². The highest BCUT2D eigenvalue weighted by atomic mass is 16.2. The summed E-state index contributed by atoms with van der Waals surface area (Å²) >= 11 is 0. The first-order valence-electron chi connectivity index (χ1n) is 5.19. The molecule has 0 bridgehead atoms. The van der Waals surface area contributed by atoms with Crippen LogP contribution in [0.5, 0.6) is 0 Å². The Balaban J connectivity index is 2.09. The van der Waals surface area contributed by atoms with Crippen molar-refractivity contribution in [3.05, 3.63) is 48.8 Å². The van der Waals surface area contributed by atoms with Crippen molar-refractivity contribution in [2.24, 2.45) is 7.05 Å². The van der Waals surface area contributed by atoms with Crippen LogP contribution in [-0.2, 0) is 7.05 Å². The SMILES string of the molecule is Cn1cnc2cc(C(=O)n3ccnc3)ccc21. The summed E-state index contributed by atoms with van der Waals surface area (Å²) in [5.74, 6) is -0.102. The van der Waals surface area contributed by atoms with Gasteiger partial charge in [0.15, 0.2) is 0 Å². The zero-order valence-corrected chi connectivity index (χ0v) is 9.24. The number of imidazole rings is 2. The van der Waals surface area contributed by atoms with Gasteiger partial charge in [0, 0.05) is 25.0 Å². The van der Waals surface area contributed by atoms with Gasteiger partial charge < -0.3 is 4.57 Å². The number of aryl methyl sites for hydroxylation is 1. The predicted molar refractivity (Wildman–Crippen MR) is 62.7 cm³/mol. The lowest BCUT2D eigenvalue weighted by Crippen LogP contribution is -2.09. The lowest BCUT2D eigenvalue weighted by atomic mass is 10.2. The molecule has 5 nitrogen and oxygen atoms in total. The molecule has 0 N–H and O–H groups in total. The molecule has 2 aromatic heterocycles. The van der Waals surface area contributed by atoms with E-state index in [1.807, 2.05) is 17.7 Å². The van der Waals surface area contributed by atoms with Crippen LogP contribution in [0.2, 0.25) is 0 Å². The van der Waals surface area contributed by atoms with E-state index in [1.165, 1.54) is 10.9 Å². The molecule has 0 saturated heterocycles. The lowest BCUT2D eigenvalue weighted by molar-refractivity contribution is 0.0960. The van der Waals surface area contributed by atoms with Crippen molar-refractivity contribution in [2.75, 3.05) is 0 Å². The molecule has 1 aromatic carbocycles. The highest BCUT2D eigenvalue weighted by Crippen LogP contribution is 2.14. The Morgan fingerprint density at radius 3 is 2.94 bits per heavy atom. The molecule has 0 aliphatic rings. The van der Waals surface area contributed by atoms with E-state index < -0.39 is 0 Å². The number of nitrogens with zero attached hydrogens (tertiary/aromatic N) is 4. The number of fused-ring (bicyclic) bond motifs is 1. The second-order valence-corrected chi connectivity index (χ2v) is 3.83. The molecule has 84 valence electrons. The Labute approximate surface area is 97.3 Å². The van der Waals surface area contributed by atoms with E-state index in [0.29, 0.717) is 5.56 Å². The first-order chi connectivity index (χ1) is 8.25. The largest absolute Gasteiger partial charge is 0.334 e. The van der Waals surface area contributed by atoms with Crippen molar-refractivity contribution < 1.29 is 4.79 Å². The number of hydrogen-bond donors (Lipinski definition) is 0. The Morgan fingerprint density at radius 2 is 2.18 bits per heavy atom. The number of rotatable bonds is 1. The minimum absolute atomic E-state index is 0.102. The second-order valence-electron chi connectivity index (χ2n) is 3.83. The maximum Gasteiger partial charge on any atom is 0.263 e. The topological polar surface area (TPSA) is 52.7 Å². The third-order valence-corrected chi connectivity index (χ3v) is 2.71. The van der Waals surface area contributed by atoms with Crippen LogP contribution in [-0.4, -0.2) is 25.0 Å². The van der Waals surface area contributed by atoms with Crippen LogP contribution in [0.25, 0.3) is 11.0 Å². The summed E-state index contributed by atoms with van der Waals surface area (Å²) in [6.45, 7) is 0. The van der Waals surface area contributed by atoms with E-state index in [9.17, 15) is 4.79 Å². The van der Waals surface area contributed by atoms with Gasteiger partial charge in [-0.05, 0) is 18.2 Å². The van der Waals surface area contributed by atoms with Crippen molar-refractivity contribution in [1.82, 2.24) is 19.1 Å². The van der Waals surface area contributed by atoms with Gasteiger partial charge in [-0.15, -0.1) is 0 Å². The van der Waals surface area contributed by atoms with Crippen molar-refractivity contribution in [3.8, 4) is 0 Å². The van der Waals surface area contributed by atoms with Crippen LogP contribution in [0.1, 0.15) is 10.4 Å². The highest BCUT2D eigenvalue weighted by Gasteiger charge is 2.09. The summed E-state index contributed by atoms with van der Waals surface area (Å²) in [6.07, 6.45) is 6.43. The maximum absolute atomic E-state index is 12.0. The Morgan fingerprint density at radius 1 is 1.29 bits per heavy atom. The smallest absolute Gasteiger partial charge is 0.263 e. The molecule has 0 aliphatic carbocycles. The maximum atomic E-state index is 12.0. The molecule has 0 fully saturated rings. The fourth-order valence-corrected chi connectivity index (χ4v) is 1.80. The van der Waals surface area contributed by atoms with Crippen LogP contribution >= 0.6 is 0 Å². The molecule has 0 aliphatic heterocycles. The van der Waals surface area contributed by atoms with Gasteiger partial charge in [-0.1, -0.05) is 0 Å². The number of hydrogen-bond acceptors (Lipinski definition) is 3. The molecule has 3 rings (SSSR count). The average molecular weight is 226 g/mol. The van der Waals surface area contributed by atoms with E-state index in [0.717, 1.165) is 11.0 Å². The molecular formula is C12H10N4O. The van der Waals surface area contributed by atoms with Crippen LogP contribution in [0.15, 0.2) is 43.2 Å². The fraction of sp³-hybridized carbons (Fsp3) is 0.0833. The van der Waals surface area contributed by atoms with Gasteiger partial charge >= 0.3 is 0 Å². The molecular weight excluding hydrogens is 216 g/mol. The van der Waals surface area contributed by atoms with Gasteiger partial charge in [0.25, 0.3) is 5.91 Å². The minimum Gasteiger partial charge on any atom is -0.334 e. The lowest BCUT2D eigenvalue weighted by Gasteiger charge is -2.01. The zero-order chi connectivity index (χ0) is 11.8. The summed E-state index contributed by atoms with van der Waals surface area (Å²) in [5.41, 5.74) is 2.43. The number of carbonyl (C=O) groups is 1. The van der Waals surface area contributed by atoms with Crippen molar-refractivity contribution in [2.45, 2.75) is 0 Å². The molecule has 0 atom stereocenters. The predicted octanol–water partition coefficient (Wildman–Crippen LogP) is 1.46. The van der Waals surface area contributed by atoms with E-state index in [1.54, 1.807) is 30.9 Å².